The number of amides is 1. The van der Waals surface area contributed by atoms with Crippen LogP contribution in [0.15, 0.2) is 23.1 Å². The minimum Gasteiger partial charge on any atom is -0.391 e. The molecule has 2 unspecified atom stereocenters. The van der Waals surface area contributed by atoms with Gasteiger partial charge in [-0.05, 0) is 18.9 Å². The summed E-state index contributed by atoms with van der Waals surface area (Å²) in [4.78, 5) is 27.4. The van der Waals surface area contributed by atoms with Crippen LogP contribution < -0.4 is 5.56 Å². The van der Waals surface area contributed by atoms with Crippen molar-refractivity contribution < 1.29 is 9.90 Å². The molecule has 98 valence electrons. The molecule has 0 bridgehead atoms. The summed E-state index contributed by atoms with van der Waals surface area (Å²) in [6, 6.07) is 2.72. The van der Waals surface area contributed by atoms with Gasteiger partial charge in [0.05, 0.1) is 12.1 Å². The molecule has 2 N–H and O–H groups in total. The van der Waals surface area contributed by atoms with Gasteiger partial charge in [0.2, 0.25) is 5.56 Å². The Bertz CT molecular complexity index is 483. The van der Waals surface area contributed by atoms with E-state index in [1.165, 1.54) is 12.3 Å². The summed E-state index contributed by atoms with van der Waals surface area (Å²) in [5.74, 6) is -0.216. The average molecular weight is 250 g/mol. The van der Waals surface area contributed by atoms with Crippen LogP contribution in [0, 0.1) is 0 Å². The summed E-state index contributed by atoms with van der Waals surface area (Å²) < 4.78 is 0. The molecule has 0 saturated heterocycles. The molecule has 1 aromatic heterocycles. The predicted molar refractivity (Wildman–Crippen MR) is 67.4 cm³/mol. The van der Waals surface area contributed by atoms with E-state index in [9.17, 15) is 14.7 Å². The van der Waals surface area contributed by atoms with Gasteiger partial charge in [0, 0.05) is 24.9 Å². The number of rotatable bonds is 2. The van der Waals surface area contributed by atoms with E-state index in [0.717, 1.165) is 25.7 Å². The van der Waals surface area contributed by atoms with Crippen molar-refractivity contribution in [3.63, 3.8) is 0 Å². The van der Waals surface area contributed by atoms with Crippen LogP contribution in [0.3, 0.4) is 0 Å². The second-order valence-electron chi connectivity index (χ2n) is 4.78. The van der Waals surface area contributed by atoms with Crippen LogP contribution in [-0.2, 0) is 0 Å². The van der Waals surface area contributed by atoms with Gasteiger partial charge in [0.1, 0.15) is 0 Å². The molecule has 0 spiro atoms. The maximum atomic E-state index is 12.2. The third-order valence-electron chi connectivity index (χ3n) is 3.53. The van der Waals surface area contributed by atoms with Crippen molar-refractivity contribution in [1.82, 2.24) is 9.88 Å². The number of carbonyl (C=O) groups excluding carboxylic acids is 1. The van der Waals surface area contributed by atoms with Crippen LogP contribution >= 0.6 is 0 Å². The van der Waals surface area contributed by atoms with Crippen molar-refractivity contribution in [2.75, 3.05) is 7.05 Å². The smallest absolute Gasteiger partial charge is 0.254 e. The lowest BCUT2D eigenvalue weighted by Crippen LogP contribution is -2.46. The van der Waals surface area contributed by atoms with Crippen molar-refractivity contribution in [2.24, 2.45) is 0 Å². The molecule has 1 amide bonds. The van der Waals surface area contributed by atoms with E-state index >= 15 is 0 Å². The molecule has 0 aliphatic heterocycles. The summed E-state index contributed by atoms with van der Waals surface area (Å²) in [5, 5.41) is 9.93. The molecule has 1 aliphatic rings. The Balaban J connectivity index is 2.15. The largest absolute Gasteiger partial charge is 0.391 e. The standard InChI is InChI=1S/C13H18N2O3/c1-15(10-4-2-3-5-11(10)16)13(18)9-6-7-14-12(17)8-9/h6-8,10-11,16H,2-5H2,1H3,(H,14,17). The number of carbonyl (C=O) groups is 1. The van der Waals surface area contributed by atoms with E-state index in [-0.39, 0.29) is 17.5 Å². The Morgan fingerprint density at radius 2 is 2.17 bits per heavy atom. The van der Waals surface area contributed by atoms with Gasteiger partial charge >= 0.3 is 0 Å². The monoisotopic (exact) mass is 250 g/mol. The van der Waals surface area contributed by atoms with Crippen LogP contribution in [0.5, 0.6) is 0 Å². The van der Waals surface area contributed by atoms with Gasteiger partial charge < -0.3 is 15.0 Å². The molecule has 1 heterocycles. The van der Waals surface area contributed by atoms with E-state index in [1.807, 2.05) is 0 Å². The molecule has 1 saturated carbocycles. The van der Waals surface area contributed by atoms with Gasteiger partial charge in [-0.25, -0.2) is 0 Å². The molecule has 5 heteroatoms. The van der Waals surface area contributed by atoms with Crippen LogP contribution in [0.2, 0.25) is 0 Å². The number of hydrogen-bond donors (Lipinski definition) is 2. The summed E-state index contributed by atoms with van der Waals surface area (Å²) in [6.45, 7) is 0. The zero-order chi connectivity index (χ0) is 13.1. The highest BCUT2D eigenvalue weighted by atomic mass is 16.3. The number of aliphatic hydroxyl groups excluding tert-OH is 1. The van der Waals surface area contributed by atoms with Gasteiger partial charge in [-0.1, -0.05) is 12.8 Å². The van der Waals surface area contributed by atoms with Gasteiger partial charge in [0.15, 0.2) is 0 Å². The lowest BCUT2D eigenvalue weighted by atomic mass is 9.91. The zero-order valence-electron chi connectivity index (χ0n) is 10.4. The van der Waals surface area contributed by atoms with Crippen molar-refractivity contribution in [2.45, 2.75) is 37.8 Å². The van der Waals surface area contributed by atoms with Crippen molar-refractivity contribution >= 4 is 5.91 Å². The Kier molecular flexibility index (Phi) is 3.81. The summed E-state index contributed by atoms with van der Waals surface area (Å²) in [7, 11) is 1.68. The molecule has 5 nitrogen and oxygen atoms in total. The molecule has 1 fully saturated rings. The van der Waals surface area contributed by atoms with Crippen LogP contribution in [0.25, 0.3) is 0 Å². The third-order valence-corrected chi connectivity index (χ3v) is 3.53. The lowest BCUT2D eigenvalue weighted by Gasteiger charge is -2.35. The maximum absolute atomic E-state index is 12.2. The summed E-state index contributed by atoms with van der Waals surface area (Å²) >= 11 is 0. The molecule has 0 radical (unpaired) electrons. The summed E-state index contributed by atoms with van der Waals surface area (Å²) in [5.41, 5.74) is 0.0671. The molecule has 18 heavy (non-hydrogen) atoms. The van der Waals surface area contributed by atoms with Gasteiger partial charge in [-0.15, -0.1) is 0 Å². The predicted octanol–water partition coefficient (Wildman–Crippen LogP) is 0.750. The molecule has 0 aromatic carbocycles. The van der Waals surface area contributed by atoms with Gasteiger partial charge in [-0.2, -0.15) is 0 Å². The maximum Gasteiger partial charge on any atom is 0.254 e. The molecule has 2 atom stereocenters. The van der Waals surface area contributed by atoms with Crippen LogP contribution in [-0.4, -0.2) is 40.1 Å². The van der Waals surface area contributed by atoms with E-state index in [0.29, 0.717) is 5.56 Å². The Morgan fingerprint density at radius 3 is 2.83 bits per heavy atom. The second-order valence-corrected chi connectivity index (χ2v) is 4.78. The normalized spacial score (nSPS) is 23.7. The Morgan fingerprint density at radius 1 is 1.44 bits per heavy atom. The van der Waals surface area contributed by atoms with E-state index in [4.69, 9.17) is 0 Å². The van der Waals surface area contributed by atoms with Gasteiger partial charge in [-0.3, -0.25) is 9.59 Å². The highest BCUT2D eigenvalue weighted by Gasteiger charge is 2.29. The first-order valence-corrected chi connectivity index (χ1v) is 6.23. The number of hydrogen-bond acceptors (Lipinski definition) is 3. The highest BCUT2D eigenvalue weighted by Crippen LogP contribution is 2.23. The number of pyridine rings is 1. The van der Waals surface area contributed by atoms with Crippen molar-refractivity contribution in [3.8, 4) is 0 Å². The first-order chi connectivity index (χ1) is 8.59. The number of H-pyrrole nitrogens is 1. The highest BCUT2D eigenvalue weighted by molar-refractivity contribution is 5.94. The van der Waals surface area contributed by atoms with Crippen molar-refractivity contribution in [1.29, 1.82) is 0 Å². The molecule has 1 aliphatic carbocycles. The van der Waals surface area contributed by atoms with Crippen LogP contribution in [0.4, 0.5) is 0 Å². The first kappa shape index (κ1) is 12.8. The third kappa shape index (κ3) is 2.61. The number of nitrogens with zero attached hydrogens (tertiary/aromatic N) is 1. The van der Waals surface area contributed by atoms with E-state index in [2.05, 4.69) is 4.98 Å². The van der Waals surface area contributed by atoms with E-state index < -0.39 is 6.10 Å². The van der Waals surface area contributed by atoms with Crippen LogP contribution in [0.1, 0.15) is 36.0 Å². The Labute approximate surface area is 105 Å². The zero-order valence-corrected chi connectivity index (χ0v) is 10.4. The van der Waals surface area contributed by atoms with Crippen molar-refractivity contribution in [3.05, 3.63) is 34.2 Å². The fourth-order valence-electron chi connectivity index (χ4n) is 2.48. The number of aromatic amines is 1. The van der Waals surface area contributed by atoms with Gasteiger partial charge in [0.25, 0.3) is 5.91 Å². The quantitative estimate of drug-likeness (QED) is 0.813. The average Bonchev–Trinajstić information content (AvgIpc) is 2.37. The molecular formula is C13H18N2O3. The summed E-state index contributed by atoms with van der Waals surface area (Å²) in [6.07, 6.45) is 4.57. The lowest BCUT2D eigenvalue weighted by molar-refractivity contribution is 0.0268. The number of aliphatic hydroxyl groups is 1. The second kappa shape index (κ2) is 5.35. The molecule has 2 rings (SSSR count). The molecular weight excluding hydrogens is 232 g/mol. The minimum absolute atomic E-state index is 0.148. The fourth-order valence-corrected chi connectivity index (χ4v) is 2.48. The Hall–Kier alpha value is -1.62. The van der Waals surface area contributed by atoms with E-state index in [1.54, 1.807) is 18.0 Å². The minimum atomic E-state index is -0.463. The fraction of sp³-hybridized carbons (Fsp3) is 0.538. The number of aromatic nitrogens is 1. The molecule has 1 aromatic rings. The number of nitrogens with one attached hydrogen (secondary N) is 1. The number of likely N-dealkylation sites (N-methyl/N-ethyl adjacent to an activating group) is 1. The first-order valence-electron chi connectivity index (χ1n) is 6.23. The SMILES string of the molecule is CN(C(=O)c1cc[nH]c(=O)c1)C1CCCCC1O. The topological polar surface area (TPSA) is 73.4 Å².